The van der Waals surface area contributed by atoms with Crippen molar-refractivity contribution in [1.82, 2.24) is 19.1 Å². The molecule has 0 N–H and O–H groups in total. The van der Waals surface area contributed by atoms with Crippen LogP contribution in [-0.4, -0.2) is 19.1 Å². The van der Waals surface area contributed by atoms with Crippen LogP contribution >= 0.6 is 0 Å². The predicted molar refractivity (Wildman–Crippen MR) is 428 cm³/mol. The first kappa shape index (κ1) is 67.4. The van der Waals surface area contributed by atoms with Crippen molar-refractivity contribution in [2.75, 3.05) is 0 Å². The summed E-state index contributed by atoms with van der Waals surface area (Å²) < 4.78 is 13.3. The Balaban J connectivity index is 0.00000847. The summed E-state index contributed by atoms with van der Waals surface area (Å²) in [5.41, 5.74) is 27.7. The standard InChI is InChI=1S/C98H75N5O.Pt/c1-98(2,3)84-49-51-100-97(64-84)103-92-48-45-74(81-57-75(68-28-11-4-12-29-68)54-76(58-81)69-30-13-5-14-31-69)63-91(92)90-47-46-85(65-95(90)103)104-86-50-52-99-96(66-86)102-67-101(93-43-24-25-44-94(93)102)53-26-10-23-40-89-87(82-59-77(70-32-15-6-16-33-70)55-78(60-82)71-34-17-7-18-35-71)41-27-42-88(89)83-61-79(72-36-19-8-20-37-72)56-80(62-83)73-38-21-9-22-39-73;/h4-9,11-22,24-25,27-39,41-52,54-64H,10,23,26,40,53H2,1-3H3;/q-2;. The third-order valence-corrected chi connectivity index (χ3v) is 20.1. The van der Waals surface area contributed by atoms with Gasteiger partial charge in [-0.2, -0.15) is 18.2 Å². The topological polar surface area (TPSA) is 48.8 Å². The first-order valence-corrected chi connectivity index (χ1v) is 36.0. The number of pyridine rings is 2. The molecule has 0 aliphatic carbocycles. The summed E-state index contributed by atoms with van der Waals surface area (Å²) in [5, 5.41) is 2.13. The molecule has 0 amide bonds. The van der Waals surface area contributed by atoms with E-state index in [1.54, 1.807) is 6.20 Å². The van der Waals surface area contributed by atoms with Gasteiger partial charge in [-0.15, -0.1) is 17.5 Å². The summed E-state index contributed by atoms with van der Waals surface area (Å²) in [7, 11) is 0. The van der Waals surface area contributed by atoms with E-state index in [0.717, 1.165) is 93.1 Å². The van der Waals surface area contributed by atoms with Gasteiger partial charge in [0.25, 0.3) is 0 Å². The molecule has 0 bridgehead atoms. The fraction of sp³-hybridized carbons (Fsp3) is 0.0918. The fourth-order valence-electron chi connectivity index (χ4n) is 14.8. The summed E-state index contributed by atoms with van der Waals surface area (Å²) in [6, 6.07) is 125. The number of fused-ring (bicyclic) bond motifs is 4. The van der Waals surface area contributed by atoms with Crippen LogP contribution in [0, 0.1) is 18.5 Å². The van der Waals surface area contributed by atoms with Crippen molar-refractivity contribution in [3.63, 3.8) is 0 Å². The molecule has 0 saturated heterocycles. The summed E-state index contributed by atoms with van der Waals surface area (Å²) in [4.78, 5) is 9.95. The number of ether oxygens (including phenoxy) is 1. The quantitative estimate of drug-likeness (QED) is 0.0460. The van der Waals surface area contributed by atoms with Crippen LogP contribution in [0.25, 0.3) is 145 Å². The summed E-state index contributed by atoms with van der Waals surface area (Å²) in [6.45, 7) is 7.49. The molecule has 0 fully saturated rings. The van der Waals surface area contributed by atoms with Crippen LogP contribution in [-0.2, 0) is 39.4 Å². The monoisotopic (exact) mass is 1530 g/mol. The molecule has 105 heavy (non-hydrogen) atoms. The molecule has 17 aromatic rings. The first-order valence-electron chi connectivity index (χ1n) is 36.0. The van der Waals surface area contributed by atoms with E-state index in [1.807, 2.05) is 22.9 Å². The van der Waals surface area contributed by atoms with Gasteiger partial charge in [0.15, 0.2) is 0 Å². The van der Waals surface area contributed by atoms with Gasteiger partial charge in [0.05, 0.1) is 23.4 Å². The van der Waals surface area contributed by atoms with Crippen LogP contribution in [0.15, 0.2) is 340 Å². The number of aromatic nitrogens is 5. The van der Waals surface area contributed by atoms with E-state index in [9.17, 15) is 0 Å². The zero-order valence-electron chi connectivity index (χ0n) is 58.8. The molecular weight excluding hydrogens is 1460 g/mol. The van der Waals surface area contributed by atoms with Crippen LogP contribution in [0.4, 0.5) is 0 Å². The Labute approximate surface area is 629 Å². The molecule has 7 heteroatoms. The zero-order valence-corrected chi connectivity index (χ0v) is 61.1. The normalized spacial score (nSPS) is 11.5. The van der Waals surface area contributed by atoms with Gasteiger partial charge in [0, 0.05) is 38.5 Å². The number of imidazole rings is 1. The number of benzene rings is 13. The molecule has 0 aliphatic heterocycles. The van der Waals surface area contributed by atoms with Crippen molar-refractivity contribution in [2.24, 2.45) is 0 Å². The Morgan fingerprint density at radius 3 is 1.32 bits per heavy atom. The second-order valence-corrected chi connectivity index (χ2v) is 28.0. The van der Waals surface area contributed by atoms with Gasteiger partial charge in [-0.3, -0.25) is 0 Å². The zero-order chi connectivity index (χ0) is 69.9. The Kier molecular flexibility index (Phi) is 19.1. The molecule has 0 unspecified atom stereocenters. The minimum Gasteiger partial charge on any atom is -0.522 e. The largest absolute Gasteiger partial charge is 0.522 e. The fourth-order valence-corrected chi connectivity index (χ4v) is 14.8. The van der Waals surface area contributed by atoms with E-state index < -0.39 is 0 Å². The Bertz CT molecular complexity index is 5630. The average molecular weight is 1530 g/mol. The number of para-hydroxylation sites is 2. The predicted octanol–water partition coefficient (Wildman–Crippen LogP) is 24.7. The van der Waals surface area contributed by atoms with Crippen molar-refractivity contribution in [3.05, 3.63) is 370 Å². The number of unbranched alkanes of at least 4 members (excludes halogenated alkanes) is 2. The van der Waals surface area contributed by atoms with Gasteiger partial charge in [-0.1, -0.05) is 269 Å². The number of nitrogens with zero attached hydrogens (tertiary/aromatic N) is 5. The summed E-state index contributed by atoms with van der Waals surface area (Å²) >= 11 is 0. The average Bonchev–Trinajstić information content (AvgIpc) is 1.71. The Morgan fingerprint density at radius 1 is 0.362 bits per heavy atom. The molecule has 4 aromatic heterocycles. The number of hydrogen-bond acceptors (Lipinski definition) is 3. The molecular formula is C98H75N5OPt-2. The maximum atomic E-state index is 6.82. The molecule has 0 atom stereocenters. The van der Waals surface area contributed by atoms with Gasteiger partial charge in [0.1, 0.15) is 5.82 Å². The molecule has 0 radical (unpaired) electrons. The molecule has 510 valence electrons. The van der Waals surface area contributed by atoms with Crippen LogP contribution in [0.3, 0.4) is 0 Å². The molecule has 17 rings (SSSR count). The first-order chi connectivity index (χ1) is 51.2. The van der Waals surface area contributed by atoms with Crippen molar-refractivity contribution >= 4 is 32.8 Å². The van der Waals surface area contributed by atoms with Crippen molar-refractivity contribution in [2.45, 2.75) is 58.4 Å². The molecule has 0 saturated carbocycles. The maximum absolute atomic E-state index is 6.82. The van der Waals surface area contributed by atoms with Crippen LogP contribution < -0.4 is 9.30 Å². The number of rotatable bonds is 19. The van der Waals surface area contributed by atoms with Gasteiger partial charge < -0.3 is 23.4 Å². The Morgan fingerprint density at radius 2 is 0.819 bits per heavy atom. The van der Waals surface area contributed by atoms with Crippen molar-refractivity contribution < 1.29 is 30.4 Å². The number of aryl methyl sites for hydroxylation is 1. The summed E-state index contributed by atoms with van der Waals surface area (Å²) in [6.07, 6.45) is 11.2. The second kappa shape index (κ2) is 29.7. The third kappa shape index (κ3) is 14.2. The van der Waals surface area contributed by atoms with E-state index in [2.05, 4.69) is 364 Å². The molecule has 4 heterocycles. The van der Waals surface area contributed by atoms with Gasteiger partial charge >= 0.3 is 0 Å². The van der Waals surface area contributed by atoms with Crippen LogP contribution in [0.1, 0.15) is 51.2 Å². The Hall–Kier alpha value is -12.1. The molecule has 0 aliphatic rings. The van der Waals surface area contributed by atoms with Crippen LogP contribution in [0.5, 0.6) is 11.5 Å². The van der Waals surface area contributed by atoms with Gasteiger partial charge in [-0.05, 0) is 226 Å². The van der Waals surface area contributed by atoms with Gasteiger partial charge in [-0.25, -0.2) is 4.98 Å². The SMILES string of the molecule is CC(C)(C)c1ccnc(-n2c3[c-]c(Oc4[c-]c(-n5[c-][n+](CCCCCc6c(-c7cc(-c8ccccc8)cc(-c8ccccc8)c7)cccc6-c6cc(-c7ccccc7)cc(-c7ccccc7)c6)c6ccccc65)ncc4)ccc3c3cc(-c4cc(-c5ccccc5)cc(-c5ccccc5)c4)ccc32)c1.[Pt]. The van der Waals surface area contributed by atoms with Crippen molar-refractivity contribution in [3.8, 4) is 123 Å². The number of hydrogen-bond donors (Lipinski definition) is 0. The van der Waals surface area contributed by atoms with E-state index in [0.29, 0.717) is 17.3 Å². The molecule has 13 aromatic carbocycles. The maximum Gasteiger partial charge on any atom is 0.244 e. The molecule has 0 spiro atoms. The summed E-state index contributed by atoms with van der Waals surface area (Å²) in [5.74, 6) is 2.46. The van der Waals surface area contributed by atoms with E-state index in [4.69, 9.17) is 14.7 Å². The smallest absolute Gasteiger partial charge is 0.244 e. The van der Waals surface area contributed by atoms with E-state index in [-0.39, 0.29) is 26.5 Å². The van der Waals surface area contributed by atoms with Crippen molar-refractivity contribution in [1.29, 1.82) is 0 Å². The third-order valence-electron chi connectivity index (χ3n) is 20.1. The second-order valence-electron chi connectivity index (χ2n) is 28.0. The van der Waals surface area contributed by atoms with E-state index >= 15 is 0 Å². The minimum absolute atomic E-state index is 0. The minimum atomic E-state index is -0.101. The van der Waals surface area contributed by atoms with E-state index in [1.165, 1.54) is 89.0 Å². The van der Waals surface area contributed by atoms with Crippen LogP contribution in [0.2, 0.25) is 0 Å². The van der Waals surface area contributed by atoms with Gasteiger partial charge in [0.2, 0.25) is 6.33 Å². The molecule has 6 nitrogen and oxygen atoms in total.